The topological polar surface area (TPSA) is 84.1 Å². The molecule has 0 saturated carbocycles. The largest absolute Gasteiger partial charge is 0.416 e. The van der Waals surface area contributed by atoms with Gasteiger partial charge < -0.3 is 16.0 Å². The quantitative estimate of drug-likeness (QED) is 0.432. The molecule has 9 heteroatoms. The summed E-state index contributed by atoms with van der Waals surface area (Å²) < 4.78 is 40.2. The van der Waals surface area contributed by atoms with Crippen LogP contribution in [0.25, 0.3) is 16.5 Å². The first kappa shape index (κ1) is 25.0. The van der Waals surface area contributed by atoms with Crippen molar-refractivity contribution in [2.45, 2.75) is 58.7 Å². The molecule has 3 aromatic rings. The molecule has 2 aromatic carbocycles. The molecule has 5 rings (SSSR count). The normalized spacial score (nSPS) is 16.5. The molecule has 2 heterocycles. The van der Waals surface area contributed by atoms with E-state index in [2.05, 4.69) is 22.4 Å². The molecular weight excluding hydrogens is 479 g/mol. The number of nitrogen functional groups attached to an aromatic ring is 1. The third kappa shape index (κ3) is 4.86. The molecule has 1 atom stereocenters. The lowest BCUT2D eigenvalue weighted by Crippen LogP contribution is -2.32. The SMILES string of the molecule is CC(=O)N1CC=C(c2cc3c(NC(C)c4cc(N)cc(C(F)(F)F)c4)nc(C)nc3c3c2CCC3)CC1. The lowest BCUT2D eigenvalue weighted by Gasteiger charge is -2.27. The average Bonchev–Trinajstić information content (AvgIpc) is 3.33. The number of anilines is 2. The number of halogens is 3. The summed E-state index contributed by atoms with van der Waals surface area (Å²) in [4.78, 5) is 23.1. The van der Waals surface area contributed by atoms with Crippen LogP contribution in [0.2, 0.25) is 0 Å². The Kier molecular flexibility index (Phi) is 6.33. The van der Waals surface area contributed by atoms with E-state index in [0.717, 1.165) is 54.3 Å². The molecule has 3 N–H and O–H groups in total. The standard InChI is InChI=1S/C28H30F3N5O/c1-15(19-11-20(28(29,30)31)13-21(32)12-19)33-27-25-14-24(18-7-9-36(10-8-18)17(3)37)22-5-4-6-23(22)26(25)34-16(2)35-27/h7,11-15H,4-6,8-10,32H2,1-3H3,(H,33,34,35). The molecule has 37 heavy (non-hydrogen) atoms. The van der Waals surface area contributed by atoms with Crippen molar-refractivity contribution in [1.82, 2.24) is 14.9 Å². The zero-order chi connectivity index (χ0) is 26.5. The van der Waals surface area contributed by atoms with Gasteiger partial charge in [0.1, 0.15) is 11.6 Å². The van der Waals surface area contributed by atoms with Gasteiger partial charge in [0.15, 0.2) is 0 Å². The number of hydrogen-bond donors (Lipinski definition) is 2. The zero-order valence-electron chi connectivity index (χ0n) is 21.2. The van der Waals surface area contributed by atoms with Crippen molar-refractivity contribution >= 4 is 33.9 Å². The van der Waals surface area contributed by atoms with Crippen LogP contribution in [0.3, 0.4) is 0 Å². The minimum absolute atomic E-state index is 0.0612. The van der Waals surface area contributed by atoms with Crippen LogP contribution in [0, 0.1) is 6.92 Å². The van der Waals surface area contributed by atoms with Crippen LogP contribution in [0.1, 0.15) is 66.4 Å². The highest BCUT2D eigenvalue weighted by Gasteiger charge is 2.32. The van der Waals surface area contributed by atoms with Gasteiger partial charge in [0.25, 0.3) is 0 Å². The van der Waals surface area contributed by atoms with Gasteiger partial charge in [-0.1, -0.05) is 6.08 Å². The molecule has 0 spiro atoms. The Morgan fingerprint density at radius 2 is 1.86 bits per heavy atom. The van der Waals surface area contributed by atoms with E-state index in [-0.39, 0.29) is 11.6 Å². The molecule has 1 aliphatic carbocycles. The molecule has 0 fully saturated rings. The van der Waals surface area contributed by atoms with E-state index >= 15 is 0 Å². The van der Waals surface area contributed by atoms with E-state index in [0.29, 0.717) is 30.3 Å². The fourth-order valence-corrected chi connectivity index (χ4v) is 5.46. The van der Waals surface area contributed by atoms with Gasteiger partial charge in [-0.15, -0.1) is 0 Å². The van der Waals surface area contributed by atoms with Gasteiger partial charge in [0.2, 0.25) is 5.91 Å². The maximum absolute atomic E-state index is 13.4. The monoisotopic (exact) mass is 509 g/mol. The first-order chi connectivity index (χ1) is 17.5. The summed E-state index contributed by atoms with van der Waals surface area (Å²) in [6, 6.07) is 5.27. The van der Waals surface area contributed by atoms with Crippen molar-refractivity contribution in [3.8, 4) is 0 Å². The number of amides is 1. The summed E-state index contributed by atoms with van der Waals surface area (Å²) in [5, 5.41) is 4.19. The van der Waals surface area contributed by atoms with Gasteiger partial charge in [-0.3, -0.25) is 4.79 Å². The summed E-state index contributed by atoms with van der Waals surface area (Å²) in [5.41, 5.74) is 11.3. The predicted molar refractivity (Wildman–Crippen MR) is 139 cm³/mol. The van der Waals surface area contributed by atoms with Crippen molar-refractivity contribution in [3.63, 3.8) is 0 Å². The average molecular weight is 510 g/mol. The molecule has 1 aromatic heterocycles. The fourth-order valence-electron chi connectivity index (χ4n) is 5.46. The molecule has 6 nitrogen and oxygen atoms in total. The van der Waals surface area contributed by atoms with E-state index in [1.165, 1.54) is 16.7 Å². The second kappa shape index (κ2) is 9.36. The minimum atomic E-state index is -4.48. The number of nitrogens with zero attached hydrogens (tertiary/aromatic N) is 3. The van der Waals surface area contributed by atoms with Crippen molar-refractivity contribution in [2.24, 2.45) is 0 Å². The summed E-state index contributed by atoms with van der Waals surface area (Å²) in [6.07, 6.45) is 1.35. The summed E-state index contributed by atoms with van der Waals surface area (Å²) in [5.74, 6) is 1.25. The van der Waals surface area contributed by atoms with E-state index < -0.39 is 17.8 Å². The van der Waals surface area contributed by atoms with Gasteiger partial charge in [-0.05, 0) is 91.6 Å². The van der Waals surface area contributed by atoms with Crippen LogP contribution < -0.4 is 11.1 Å². The number of nitrogens with one attached hydrogen (secondary N) is 1. The maximum atomic E-state index is 13.4. The molecule has 0 radical (unpaired) electrons. The fraction of sp³-hybridized carbons (Fsp3) is 0.393. The Morgan fingerprint density at radius 1 is 1.11 bits per heavy atom. The van der Waals surface area contributed by atoms with Gasteiger partial charge in [0, 0.05) is 31.1 Å². The highest BCUT2D eigenvalue weighted by atomic mass is 19.4. The number of carbonyl (C=O) groups excluding carboxylic acids is 1. The third-order valence-corrected chi connectivity index (χ3v) is 7.33. The smallest absolute Gasteiger partial charge is 0.399 e. The number of aromatic nitrogens is 2. The summed E-state index contributed by atoms with van der Waals surface area (Å²) >= 11 is 0. The molecule has 1 unspecified atom stereocenters. The first-order valence-corrected chi connectivity index (χ1v) is 12.5. The number of fused-ring (bicyclic) bond motifs is 3. The number of hydrogen-bond acceptors (Lipinski definition) is 5. The minimum Gasteiger partial charge on any atom is -0.399 e. The summed E-state index contributed by atoms with van der Waals surface area (Å²) in [6.45, 7) is 6.47. The van der Waals surface area contributed by atoms with Gasteiger partial charge in [-0.2, -0.15) is 13.2 Å². The maximum Gasteiger partial charge on any atom is 0.416 e. The number of benzene rings is 2. The second-order valence-corrected chi connectivity index (χ2v) is 9.95. The third-order valence-electron chi connectivity index (χ3n) is 7.33. The number of alkyl halides is 3. The van der Waals surface area contributed by atoms with Crippen LogP contribution >= 0.6 is 0 Å². The number of nitrogens with two attached hydrogens (primary N) is 1. The van der Waals surface area contributed by atoms with Crippen LogP contribution in [0.4, 0.5) is 24.7 Å². The lowest BCUT2D eigenvalue weighted by molar-refractivity contribution is -0.137. The Morgan fingerprint density at radius 3 is 2.54 bits per heavy atom. The Hall–Kier alpha value is -3.62. The van der Waals surface area contributed by atoms with Crippen molar-refractivity contribution in [2.75, 3.05) is 24.1 Å². The molecule has 2 aliphatic rings. The number of aryl methyl sites for hydroxylation is 2. The van der Waals surface area contributed by atoms with E-state index in [1.54, 1.807) is 19.9 Å². The van der Waals surface area contributed by atoms with E-state index in [1.807, 2.05) is 11.8 Å². The number of carbonyl (C=O) groups is 1. The summed E-state index contributed by atoms with van der Waals surface area (Å²) in [7, 11) is 0. The Labute approximate surface area is 213 Å². The zero-order valence-corrected chi connectivity index (χ0v) is 21.2. The second-order valence-electron chi connectivity index (χ2n) is 9.95. The Bertz CT molecular complexity index is 1430. The van der Waals surface area contributed by atoms with Crippen LogP contribution in [0.15, 0.2) is 30.3 Å². The lowest BCUT2D eigenvalue weighted by atomic mass is 9.90. The van der Waals surface area contributed by atoms with Gasteiger partial charge in [-0.25, -0.2) is 9.97 Å². The highest BCUT2D eigenvalue weighted by molar-refractivity contribution is 5.96. The van der Waals surface area contributed by atoms with E-state index in [9.17, 15) is 18.0 Å². The van der Waals surface area contributed by atoms with Crippen LogP contribution in [-0.4, -0.2) is 33.9 Å². The van der Waals surface area contributed by atoms with Crippen molar-refractivity contribution in [3.05, 3.63) is 64.0 Å². The number of rotatable bonds is 4. The Balaban J connectivity index is 1.58. The predicted octanol–water partition coefficient (Wildman–Crippen LogP) is 5.84. The molecular formula is C28H30F3N5O. The molecule has 0 saturated heterocycles. The molecule has 0 bridgehead atoms. The van der Waals surface area contributed by atoms with Crippen LogP contribution in [0.5, 0.6) is 0 Å². The molecule has 194 valence electrons. The van der Waals surface area contributed by atoms with Gasteiger partial charge >= 0.3 is 6.18 Å². The first-order valence-electron chi connectivity index (χ1n) is 12.5. The molecule has 1 amide bonds. The van der Waals surface area contributed by atoms with Crippen molar-refractivity contribution < 1.29 is 18.0 Å². The highest BCUT2D eigenvalue weighted by Crippen LogP contribution is 2.40. The molecule has 1 aliphatic heterocycles. The van der Waals surface area contributed by atoms with Gasteiger partial charge in [0.05, 0.1) is 17.1 Å². The van der Waals surface area contributed by atoms with E-state index in [4.69, 9.17) is 10.7 Å². The van der Waals surface area contributed by atoms with Crippen LogP contribution in [-0.2, 0) is 23.8 Å². The van der Waals surface area contributed by atoms with Crippen molar-refractivity contribution in [1.29, 1.82) is 0 Å².